The molecule has 0 aliphatic rings. The van der Waals surface area contributed by atoms with Crippen LogP contribution >= 0.6 is 0 Å². The highest BCUT2D eigenvalue weighted by atomic mass is 16.3. The summed E-state index contributed by atoms with van der Waals surface area (Å²) in [6.07, 6.45) is 1.35. The topological polar surface area (TPSA) is 138 Å². The fourth-order valence-electron chi connectivity index (χ4n) is 3.15. The third kappa shape index (κ3) is 3.90. The van der Waals surface area contributed by atoms with Crippen molar-refractivity contribution in [3.8, 4) is 11.5 Å². The van der Waals surface area contributed by atoms with Gasteiger partial charge in [0.1, 0.15) is 11.5 Å². The molecule has 0 fully saturated rings. The Hall–Kier alpha value is -4.34. The Kier molecular flexibility index (Phi) is 5.04. The zero-order valence-corrected chi connectivity index (χ0v) is 16.8. The number of aromatic hydroxyl groups is 2. The van der Waals surface area contributed by atoms with Gasteiger partial charge in [-0.25, -0.2) is 10.2 Å². The van der Waals surface area contributed by atoms with Crippen LogP contribution in [0, 0.1) is 6.92 Å². The molecule has 0 saturated carbocycles. The molecule has 4 N–H and O–H groups in total. The van der Waals surface area contributed by atoms with Gasteiger partial charge in [-0.1, -0.05) is 29.8 Å². The van der Waals surface area contributed by atoms with Gasteiger partial charge in [0.2, 0.25) is 5.95 Å². The van der Waals surface area contributed by atoms with Gasteiger partial charge in [-0.2, -0.15) is 10.1 Å². The summed E-state index contributed by atoms with van der Waals surface area (Å²) in [4.78, 5) is 31.2. The molecule has 31 heavy (non-hydrogen) atoms. The lowest BCUT2D eigenvalue weighted by molar-refractivity contribution is 0.450. The molecule has 0 unspecified atom stereocenters. The van der Waals surface area contributed by atoms with Crippen LogP contribution in [-0.4, -0.2) is 35.5 Å². The van der Waals surface area contributed by atoms with E-state index in [1.807, 2.05) is 31.2 Å². The number of fused-ring (bicyclic) bond motifs is 1. The van der Waals surface area contributed by atoms with Crippen LogP contribution in [0.4, 0.5) is 5.95 Å². The number of phenolic OH excluding ortho intramolecular Hbond substituents is 2. The highest BCUT2D eigenvalue weighted by Gasteiger charge is 2.17. The van der Waals surface area contributed by atoms with Crippen LogP contribution in [0.15, 0.2) is 57.2 Å². The average molecular weight is 420 g/mol. The lowest BCUT2D eigenvalue weighted by Gasteiger charge is -2.09. The lowest BCUT2D eigenvalue weighted by atomic mass is 10.1. The molecule has 0 radical (unpaired) electrons. The summed E-state index contributed by atoms with van der Waals surface area (Å²) < 4.78 is 2.88. The van der Waals surface area contributed by atoms with Crippen molar-refractivity contribution in [2.24, 2.45) is 12.1 Å². The summed E-state index contributed by atoms with van der Waals surface area (Å²) in [5.74, 6) is 0.0389. The number of anilines is 1. The summed E-state index contributed by atoms with van der Waals surface area (Å²) in [5.41, 5.74) is 4.51. The molecule has 0 bridgehead atoms. The number of hydrogen-bond donors (Lipinski definition) is 4. The predicted molar refractivity (Wildman–Crippen MR) is 117 cm³/mol. The third-order valence-corrected chi connectivity index (χ3v) is 4.85. The zero-order valence-electron chi connectivity index (χ0n) is 16.8. The lowest BCUT2D eigenvalue weighted by Crippen LogP contribution is -2.29. The Morgan fingerprint density at radius 1 is 1.16 bits per heavy atom. The molecule has 2 aromatic carbocycles. The van der Waals surface area contributed by atoms with E-state index in [9.17, 15) is 19.8 Å². The highest BCUT2D eigenvalue weighted by Crippen LogP contribution is 2.21. The third-order valence-electron chi connectivity index (χ3n) is 4.85. The Labute approximate surface area is 175 Å². The summed E-state index contributed by atoms with van der Waals surface area (Å²) in [7, 11) is 1.52. The van der Waals surface area contributed by atoms with Crippen LogP contribution in [0.25, 0.3) is 11.2 Å². The van der Waals surface area contributed by atoms with Gasteiger partial charge in [0.15, 0.2) is 11.2 Å². The van der Waals surface area contributed by atoms with Crippen molar-refractivity contribution < 1.29 is 10.2 Å². The molecule has 0 atom stereocenters. The number of aryl methyl sites for hydroxylation is 2. The Balaban J connectivity index is 1.77. The number of phenols is 2. The van der Waals surface area contributed by atoms with Crippen molar-refractivity contribution in [1.29, 1.82) is 0 Å². The molecule has 0 aliphatic heterocycles. The first-order valence-electron chi connectivity index (χ1n) is 9.39. The number of rotatable bonds is 5. The second kappa shape index (κ2) is 7.82. The molecule has 0 amide bonds. The first-order chi connectivity index (χ1) is 14.8. The number of hydrazone groups is 1. The van der Waals surface area contributed by atoms with Crippen molar-refractivity contribution in [1.82, 2.24) is 19.1 Å². The minimum Gasteiger partial charge on any atom is -0.508 e. The van der Waals surface area contributed by atoms with Crippen molar-refractivity contribution in [3.63, 3.8) is 0 Å². The summed E-state index contributed by atoms with van der Waals surface area (Å²) in [6, 6.07) is 11.9. The standard InChI is InChI=1S/C21H20N6O4/c1-12-3-5-13(6-4-12)11-27-17-18(26(2)21(31)24-19(17)30)23-20(27)25-22-10-14-7-8-15(28)9-16(14)29/h3-10,28-29H,11H2,1-2H3,(H,23,25)(H,24,30,31). The maximum absolute atomic E-state index is 12.5. The van der Waals surface area contributed by atoms with E-state index >= 15 is 0 Å². The van der Waals surface area contributed by atoms with Gasteiger partial charge < -0.3 is 10.2 Å². The van der Waals surface area contributed by atoms with E-state index in [1.165, 1.54) is 36.0 Å². The second-order valence-electron chi connectivity index (χ2n) is 7.11. The molecular weight excluding hydrogens is 400 g/mol. The molecule has 10 nitrogen and oxygen atoms in total. The maximum Gasteiger partial charge on any atom is 0.329 e. The minimum atomic E-state index is -0.568. The van der Waals surface area contributed by atoms with Gasteiger partial charge in [-0.05, 0) is 24.6 Å². The average Bonchev–Trinajstić information content (AvgIpc) is 3.08. The smallest absolute Gasteiger partial charge is 0.329 e. The van der Waals surface area contributed by atoms with E-state index in [4.69, 9.17) is 0 Å². The molecule has 4 rings (SSSR count). The van der Waals surface area contributed by atoms with Crippen LogP contribution in [0.5, 0.6) is 11.5 Å². The van der Waals surface area contributed by atoms with Crippen molar-refractivity contribution in [2.75, 3.05) is 5.43 Å². The summed E-state index contributed by atoms with van der Waals surface area (Å²) in [5, 5.41) is 23.4. The molecule has 0 spiro atoms. The highest BCUT2D eigenvalue weighted by molar-refractivity contribution is 5.84. The van der Waals surface area contributed by atoms with E-state index in [1.54, 1.807) is 4.57 Å². The molecule has 4 aromatic rings. The van der Waals surface area contributed by atoms with Crippen LogP contribution < -0.4 is 16.7 Å². The fourth-order valence-corrected chi connectivity index (χ4v) is 3.15. The van der Waals surface area contributed by atoms with Gasteiger partial charge in [0.05, 0.1) is 12.8 Å². The van der Waals surface area contributed by atoms with E-state index in [0.29, 0.717) is 12.1 Å². The number of nitrogens with zero attached hydrogens (tertiary/aromatic N) is 4. The van der Waals surface area contributed by atoms with Gasteiger partial charge >= 0.3 is 5.69 Å². The maximum atomic E-state index is 12.5. The quantitative estimate of drug-likeness (QED) is 0.286. The zero-order chi connectivity index (χ0) is 22.1. The molecule has 0 saturated heterocycles. The molecule has 2 aromatic heterocycles. The predicted octanol–water partition coefficient (Wildman–Crippen LogP) is 1.64. The van der Waals surface area contributed by atoms with E-state index in [-0.39, 0.29) is 28.6 Å². The van der Waals surface area contributed by atoms with Crippen LogP contribution in [0.1, 0.15) is 16.7 Å². The minimum absolute atomic E-state index is 0.0670. The molecular formula is C21H20N6O4. The van der Waals surface area contributed by atoms with Crippen LogP contribution in [0.3, 0.4) is 0 Å². The van der Waals surface area contributed by atoms with Gasteiger partial charge in [0.25, 0.3) is 5.56 Å². The number of aromatic nitrogens is 4. The first-order valence-corrected chi connectivity index (χ1v) is 9.39. The Morgan fingerprint density at radius 3 is 2.61 bits per heavy atom. The van der Waals surface area contributed by atoms with E-state index in [0.717, 1.165) is 11.1 Å². The number of hydrogen-bond acceptors (Lipinski definition) is 7. The van der Waals surface area contributed by atoms with Crippen LogP contribution in [0.2, 0.25) is 0 Å². The summed E-state index contributed by atoms with van der Waals surface area (Å²) >= 11 is 0. The molecule has 0 aliphatic carbocycles. The van der Waals surface area contributed by atoms with Crippen molar-refractivity contribution >= 4 is 23.3 Å². The molecule has 10 heteroatoms. The van der Waals surface area contributed by atoms with Crippen molar-refractivity contribution in [3.05, 3.63) is 80.0 Å². The first kappa shape index (κ1) is 20.0. The molecule has 2 heterocycles. The largest absolute Gasteiger partial charge is 0.508 e. The monoisotopic (exact) mass is 420 g/mol. The number of benzene rings is 2. The second-order valence-corrected chi connectivity index (χ2v) is 7.11. The van der Waals surface area contributed by atoms with Crippen LogP contribution in [-0.2, 0) is 13.6 Å². The normalized spacial score (nSPS) is 11.4. The summed E-state index contributed by atoms with van der Waals surface area (Å²) in [6.45, 7) is 2.30. The number of aromatic amines is 1. The number of H-pyrrole nitrogens is 1. The van der Waals surface area contributed by atoms with E-state index in [2.05, 4.69) is 20.5 Å². The fraction of sp³-hybridized carbons (Fsp3) is 0.143. The van der Waals surface area contributed by atoms with E-state index < -0.39 is 11.2 Å². The Bertz CT molecular complexity index is 1410. The van der Waals surface area contributed by atoms with Gasteiger partial charge in [-0.3, -0.25) is 18.9 Å². The number of nitrogens with one attached hydrogen (secondary N) is 2. The Morgan fingerprint density at radius 2 is 1.90 bits per heavy atom. The van der Waals surface area contributed by atoms with Gasteiger partial charge in [0, 0.05) is 18.7 Å². The molecule has 158 valence electrons. The van der Waals surface area contributed by atoms with Gasteiger partial charge in [-0.15, -0.1) is 0 Å². The number of imidazole rings is 1. The van der Waals surface area contributed by atoms with Crippen molar-refractivity contribution in [2.45, 2.75) is 13.5 Å². The SMILES string of the molecule is Cc1ccc(Cn2c(NN=Cc3ccc(O)cc3O)nc3c2c(=O)[nH]c(=O)n3C)cc1.